The van der Waals surface area contributed by atoms with Gasteiger partial charge < -0.3 is 28.4 Å². The number of hydrogen-bond acceptors (Lipinski definition) is 14. The van der Waals surface area contributed by atoms with Crippen LogP contribution in [0.2, 0.25) is 0 Å². The van der Waals surface area contributed by atoms with Crippen LogP contribution in [-0.2, 0) is 35.0 Å². The number of rotatable bonds is 18. The number of esters is 2. The Morgan fingerprint density at radius 3 is 2.38 bits per heavy atom. The fraction of sp³-hybridized carbons (Fsp3) is 0.368. The molecule has 0 aliphatic carbocycles. The average Bonchev–Trinajstić information content (AvgIpc) is 3.57. The molecule has 0 unspecified atom stereocenters. The normalized spacial score (nSPS) is 11.6. The molecule has 0 aliphatic heterocycles. The number of aromatic nitrogens is 5. The third-order valence-electron chi connectivity index (χ3n) is 7.68. The number of carbonyl (C=O) groups excluding carboxylic acids is 3. The lowest BCUT2D eigenvalue weighted by Gasteiger charge is -2.21. The zero-order valence-electron chi connectivity index (χ0n) is 31.5. The molecular formula is C38H44FN7O9. The summed E-state index contributed by atoms with van der Waals surface area (Å²) in [5, 5.41) is 15.4. The smallest absolute Gasteiger partial charge is 0.413 e. The summed E-state index contributed by atoms with van der Waals surface area (Å²) in [6, 6.07) is 11.3. The SMILES string of the molecule is C=C(C)COC(=O)NC(=N)c1ccc(C[C@@H](c2nc(OCOC(=O)C(C)(C)COC)n(-c3ncccn3)n2)c2cc(C)cc(OCCOC(C)=O)c2F)cc1. The van der Waals surface area contributed by atoms with Gasteiger partial charge in [-0.1, -0.05) is 36.9 Å². The van der Waals surface area contributed by atoms with Crippen molar-refractivity contribution in [3.8, 4) is 17.7 Å². The first kappa shape index (κ1) is 41.5. The van der Waals surface area contributed by atoms with Crippen molar-refractivity contribution in [2.45, 2.75) is 47.0 Å². The van der Waals surface area contributed by atoms with Gasteiger partial charge >= 0.3 is 24.0 Å². The van der Waals surface area contributed by atoms with E-state index < -0.39 is 42.0 Å². The van der Waals surface area contributed by atoms with Crippen molar-refractivity contribution in [1.82, 2.24) is 30.0 Å². The van der Waals surface area contributed by atoms with Crippen LogP contribution in [0.3, 0.4) is 0 Å². The Morgan fingerprint density at radius 2 is 1.73 bits per heavy atom. The molecule has 55 heavy (non-hydrogen) atoms. The minimum absolute atomic E-state index is 0.0125. The largest absolute Gasteiger partial charge is 0.487 e. The Balaban J connectivity index is 1.72. The van der Waals surface area contributed by atoms with Crippen LogP contribution >= 0.6 is 0 Å². The standard InChI is InChI=1S/C38H44FN7O9/c1-23(2)20-53-37(49)43-32(40)27-11-9-26(10-12-27)19-29(28-17-24(3)18-30(31(28)39)52-16-15-51-25(4)47)33-44-36(46(45-33)35-41-13-8-14-42-35)55-22-54-34(48)38(5,6)21-50-7/h8-14,17-18,29H,1,15-16,19-22H2,2-7H3,(H2,40,43,49)/t29-/m1/s1. The zero-order valence-corrected chi connectivity index (χ0v) is 31.5. The third kappa shape index (κ3) is 11.9. The first-order valence-electron chi connectivity index (χ1n) is 17.0. The molecule has 4 aromatic rings. The molecule has 0 fully saturated rings. The first-order valence-corrected chi connectivity index (χ1v) is 17.0. The van der Waals surface area contributed by atoms with E-state index in [1.54, 1.807) is 64.1 Å². The first-order chi connectivity index (χ1) is 26.2. The number of nitrogens with zero attached hydrogens (tertiary/aromatic N) is 5. The predicted octanol–water partition coefficient (Wildman–Crippen LogP) is 5.00. The molecule has 17 heteroatoms. The summed E-state index contributed by atoms with van der Waals surface area (Å²) >= 11 is 0. The molecule has 2 aromatic heterocycles. The van der Waals surface area contributed by atoms with Crippen molar-refractivity contribution in [1.29, 1.82) is 5.41 Å². The highest BCUT2D eigenvalue weighted by Gasteiger charge is 2.31. The second-order valence-electron chi connectivity index (χ2n) is 13.1. The Bertz CT molecular complexity index is 1990. The molecule has 0 aliphatic rings. The van der Waals surface area contributed by atoms with E-state index in [1.807, 2.05) is 0 Å². The number of ether oxygens (including phenoxy) is 6. The van der Waals surface area contributed by atoms with E-state index in [0.29, 0.717) is 22.3 Å². The molecular weight excluding hydrogens is 717 g/mol. The van der Waals surface area contributed by atoms with E-state index in [1.165, 1.54) is 37.2 Å². The van der Waals surface area contributed by atoms with Gasteiger partial charge in [0.15, 0.2) is 17.4 Å². The fourth-order valence-electron chi connectivity index (χ4n) is 5.08. The molecule has 0 radical (unpaired) electrons. The highest BCUT2D eigenvalue weighted by Crippen LogP contribution is 2.35. The highest BCUT2D eigenvalue weighted by atomic mass is 19.1. The quantitative estimate of drug-likeness (QED) is 0.0261. The molecule has 0 saturated carbocycles. The lowest BCUT2D eigenvalue weighted by Crippen LogP contribution is -2.32. The summed E-state index contributed by atoms with van der Waals surface area (Å²) in [7, 11) is 1.47. The number of methoxy groups -OCH3 is 1. The average molecular weight is 762 g/mol. The van der Waals surface area contributed by atoms with Gasteiger partial charge in [-0.25, -0.2) is 19.2 Å². The molecule has 0 bridgehead atoms. The van der Waals surface area contributed by atoms with Crippen molar-refractivity contribution in [3.63, 3.8) is 0 Å². The number of nitrogens with one attached hydrogen (secondary N) is 2. The summed E-state index contributed by atoms with van der Waals surface area (Å²) in [4.78, 5) is 49.2. The summed E-state index contributed by atoms with van der Waals surface area (Å²) in [5.41, 5.74) is 1.60. The molecule has 2 N–H and O–H groups in total. The number of alkyl carbamates (subject to hydrolysis) is 1. The topological polar surface area (TPSA) is 199 Å². The van der Waals surface area contributed by atoms with Crippen LogP contribution in [0.5, 0.6) is 11.8 Å². The maximum atomic E-state index is 16.5. The molecule has 2 aromatic carbocycles. The number of carbonyl (C=O) groups is 3. The van der Waals surface area contributed by atoms with E-state index in [-0.39, 0.29) is 67.8 Å². The third-order valence-corrected chi connectivity index (χ3v) is 7.68. The van der Waals surface area contributed by atoms with E-state index in [0.717, 1.165) is 0 Å². The van der Waals surface area contributed by atoms with Gasteiger partial charge in [-0.3, -0.25) is 20.3 Å². The maximum absolute atomic E-state index is 16.5. The molecule has 0 spiro atoms. The van der Waals surface area contributed by atoms with Crippen LogP contribution in [0.4, 0.5) is 9.18 Å². The molecule has 16 nitrogen and oxygen atoms in total. The molecule has 2 heterocycles. The minimum atomic E-state index is -0.955. The van der Waals surface area contributed by atoms with Gasteiger partial charge in [0.1, 0.15) is 25.7 Å². The van der Waals surface area contributed by atoms with Crippen molar-refractivity contribution in [2.24, 2.45) is 5.41 Å². The van der Waals surface area contributed by atoms with Crippen LogP contribution in [0.1, 0.15) is 61.7 Å². The second-order valence-corrected chi connectivity index (χ2v) is 13.1. The van der Waals surface area contributed by atoms with E-state index >= 15 is 4.39 Å². The number of benzene rings is 2. The van der Waals surface area contributed by atoms with Gasteiger partial charge in [-0.2, -0.15) is 4.98 Å². The Morgan fingerprint density at radius 1 is 1.02 bits per heavy atom. The highest BCUT2D eigenvalue weighted by molar-refractivity contribution is 6.04. The van der Waals surface area contributed by atoms with E-state index in [9.17, 15) is 14.4 Å². The predicted molar refractivity (Wildman–Crippen MR) is 196 cm³/mol. The van der Waals surface area contributed by atoms with Gasteiger partial charge in [0.2, 0.25) is 6.79 Å². The van der Waals surface area contributed by atoms with Gasteiger partial charge in [0.25, 0.3) is 5.95 Å². The van der Waals surface area contributed by atoms with Crippen LogP contribution in [0.15, 0.2) is 67.0 Å². The van der Waals surface area contributed by atoms with Gasteiger partial charge in [-0.05, 0) is 62.9 Å². The van der Waals surface area contributed by atoms with E-state index in [4.69, 9.17) is 33.8 Å². The van der Waals surface area contributed by atoms with Gasteiger partial charge in [0.05, 0.1) is 17.9 Å². The lowest BCUT2D eigenvalue weighted by molar-refractivity contribution is -0.163. The minimum Gasteiger partial charge on any atom is -0.487 e. The van der Waals surface area contributed by atoms with Crippen LogP contribution < -0.4 is 14.8 Å². The van der Waals surface area contributed by atoms with Crippen molar-refractivity contribution < 1.29 is 47.2 Å². The van der Waals surface area contributed by atoms with Crippen molar-refractivity contribution in [2.75, 3.05) is 40.3 Å². The number of aryl methyl sites for hydroxylation is 1. The zero-order chi connectivity index (χ0) is 40.1. The molecule has 1 atom stereocenters. The Labute approximate surface area is 317 Å². The number of halogens is 1. The summed E-state index contributed by atoms with van der Waals surface area (Å²) < 4.78 is 49.6. The number of amidine groups is 1. The maximum Gasteiger partial charge on any atom is 0.413 e. The van der Waals surface area contributed by atoms with Crippen LogP contribution in [-0.4, -0.2) is 88.9 Å². The fourth-order valence-corrected chi connectivity index (χ4v) is 5.08. The van der Waals surface area contributed by atoms with Crippen LogP contribution in [0, 0.1) is 23.6 Å². The molecule has 292 valence electrons. The van der Waals surface area contributed by atoms with Gasteiger partial charge in [-0.15, -0.1) is 9.78 Å². The lowest BCUT2D eigenvalue weighted by atomic mass is 9.89. The number of amides is 1. The second kappa shape index (κ2) is 19.2. The Kier molecular flexibility index (Phi) is 14.5. The van der Waals surface area contributed by atoms with Crippen LogP contribution in [0.25, 0.3) is 5.95 Å². The summed E-state index contributed by atoms with van der Waals surface area (Å²) in [6.07, 6.45) is 2.32. The van der Waals surface area contributed by atoms with Crippen molar-refractivity contribution >= 4 is 23.9 Å². The molecule has 1 amide bonds. The summed E-state index contributed by atoms with van der Waals surface area (Å²) in [5.74, 6) is -2.73. The molecule has 0 saturated heterocycles. The van der Waals surface area contributed by atoms with E-state index in [2.05, 4.69) is 31.9 Å². The number of hydrogen-bond donors (Lipinski definition) is 2. The molecule has 4 rings (SSSR count). The summed E-state index contributed by atoms with van der Waals surface area (Å²) in [6.45, 7) is 11.2. The van der Waals surface area contributed by atoms with Gasteiger partial charge in [0, 0.05) is 37.6 Å². The Hall–Kier alpha value is -6.23. The van der Waals surface area contributed by atoms with Crippen molar-refractivity contribution in [3.05, 3.63) is 101 Å². The monoisotopic (exact) mass is 761 g/mol.